The Bertz CT molecular complexity index is 361. The largest absolute Gasteiger partial charge is 0.388 e. The van der Waals surface area contributed by atoms with Gasteiger partial charge in [-0.2, -0.15) is 0 Å². The van der Waals surface area contributed by atoms with Crippen LogP contribution in [0.1, 0.15) is 32.1 Å². The van der Waals surface area contributed by atoms with Crippen molar-refractivity contribution in [2.75, 3.05) is 24.2 Å². The van der Waals surface area contributed by atoms with Crippen molar-refractivity contribution in [2.45, 2.75) is 37.7 Å². The van der Waals surface area contributed by atoms with Crippen LogP contribution in [0.3, 0.4) is 0 Å². The van der Waals surface area contributed by atoms with Crippen molar-refractivity contribution in [1.82, 2.24) is 4.98 Å². The van der Waals surface area contributed by atoms with Crippen LogP contribution in [0.25, 0.3) is 0 Å². The molecule has 1 fully saturated rings. The van der Waals surface area contributed by atoms with Gasteiger partial charge in [0.15, 0.2) is 0 Å². The van der Waals surface area contributed by atoms with Crippen LogP contribution in [0.15, 0.2) is 18.2 Å². The average molecular weight is 235 g/mol. The summed E-state index contributed by atoms with van der Waals surface area (Å²) in [5.41, 5.74) is -0.546. The predicted molar refractivity (Wildman–Crippen MR) is 70.3 cm³/mol. The van der Waals surface area contributed by atoms with Crippen molar-refractivity contribution in [3.63, 3.8) is 0 Å². The van der Waals surface area contributed by atoms with E-state index in [0.717, 1.165) is 37.3 Å². The van der Waals surface area contributed by atoms with E-state index in [2.05, 4.69) is 15.6 Å². The Kier molecular flexibility index (Phi) is 3.84. The van der Waals surface area contributed by atoms with Crippen molar-refractivity contribution in [3.05, 3.63) is 18.2 Å². The standard InChI is InChI=1S/C13H21N3O/c1-14-11-6-5-7-12(16-11)15-10-13(17)8-3-2-4-9-13/h5-7,17H,2-4,8-10H2,1H3,(H2,14,15,16). The van der Waals surface area contributed by atoms with E-state index in [0.29, 0.717) is 6.54 Å². The summed E-state index contributed by atoms with van der Waals surface area (Å²) in [5.74, 6) is 1.65. The first-order chi connectivity index (χ1) is 8.22. The summed E-state index contributed by atoms with van der Waals surface area (Å²) >= 11 is 0. The van der Waals surface area contributed by atoms with E-state index in [1.165, 1.54) is 6.42 Å². The zero-order chi connectivity index (χ0) is 12.1. The lowest BCUT2D eigenvalue weighted by atomic mass is 9.85. The zero-order valence-electron chi connectivity index (χ0n) is 10.4. The third kappa shape index (κ3) is 3.33. The van der Waals surface area contributed by atoms with Crippen LogP contribution in [-0.2, 0) is 0 Å². The number of aromatic nitrogens is 1. The van der Waals surface area contributed by atoms with Crippen LogP contribution >= 0.6 is 0 Å². The number of nitrogens with one attached hydrogen (secondary N) is 2. The molecule has 1 aliphatic rings. The lowest BCUT2D eigenvalue weighted by Crippen LogP contribution is -2.38. The molecule has 17 heavy (non-hydrogen) atoms. The molecular weight excluding hydrogens is 214 g/mol. The monoisotopic (exact) mass is 235 g/mol. The molecule has 2 rings (SSSR count). The van der Waals surface area contributed by atoms with E-state index in [9.17, 15) is 5.11 Å². The molecule has 0 radical (unpaired) electrons. The second-order valence-corrected chi connectivity index (χ2v) is 4.80. The number of anilines is 2. The minimum atomic E-state index is -0.546. The number of rotatable bonds is 4. The van der Waals surface area contributed by atoms with Gasteiger partial charge in [0.05, 0.1) is 5.60 Å². The van der Waals surface area contributed by atoms with Gasteiger partial charge in [-0.3, -0.25) is 0 Å². The molecule has 0 amide bonds. The Labute approximate surface area is 102 Å². The van der Waals surface area contributed by atoms with Crippen molar-refractivity contribution >= 4 is 11.6 Å². The topological polar surface area (TPSA) is 57.2 Å². The third-order valence-electron chi connectivity index (χ3n) is 3.39. The highest BCUT2D eigenvalue weighted by Crippen LogP contribution is 2.28. The van der Waals surface area contributed by atoms with E-state index < -0.39 is 5.60 Å². The molecule has 0 atom stereocenters. The number of aliphatic hydroxyl groups is 1. The molecule has 1 aromatic rings. The molecular formula is C13H21N3O. The highest BCUT2D eigenvalue weighted by Gasteiger charge is 2.28. The Hall–Kier alpha value is -1.29. The first-order valence-electron chi connectivity index (χ1n) is 6.33. The fourth-order valence-electron chi connectivity index (χ4n) is 2.31. The number of hydrogen-bond acceptors (Lipinski definition) is 4. The Morgan fingerprint density at radius 1 is 1.24 bits per heavy atom. The first kappa shape index (κ1) is 12.2. The minimum absolute atomic E-state index is 0.546. The van der Waals surface area contributed by atoms with Crippen LogP contribution in [-0.4, -0.2) is 29.3 Å². The minimum Gasteiger partial charge on any atom is -0.388 e. The molecule has 0 spiro atoms. The molecule has 1 heterocycles. The van der Waals surface area contributed by atoms with Gasteiger partial charge in [0.1, 0.15) is 11.6 Å². The molecule has 1 aromatic heterocycles. The molecule has 0 aliphatic heterocycles. The molecule has 0 unspecified atom stereocenters. The second kappa shape index (κ2) is 5.36. The summed E-state index contributed by atoms with van der Waals surface area (Å²) in [7, 11) is 1.85. The lowest BCUT2D eigenvalue weighted by Gasteiger charge is -2.32. The van der Waals surface area contributed by atoms with E-state index in [-0.39, 0.29) is 0 Å². The van der Waals surface area contributed by atoms with Crippen LogP contribution < -0.4 is 10.6 Å². The fraction of sp³-hybridized carbons (Fsp3) is 0.615. The maximum atomic E-state index is 10.4. The number of pyridine rings is 1. The fourth-order valence-corrected chi connectivity index (χ4v) is 2.31. The van der Waals surface area contributed by atoms with Gasteiger partial charge in [0, 0.05) is 13.6 Å². The first-order valence-corrected chi connectivity index (χ1v) is 6.33. The van der Waals surface area contributed by atoms with Crippen molar-refractivity contribution in [1.29, 1.82) is 0 Å². The molecule has 0 bridgehead atoms. The van der Waals surface area contributed by atoms with Crippen LogP contribution in [0.4, 0.5) is 11.6 Å². The van der Waals surface area contributed by atoms with Gasteiger partial charge >= 0.3 is 0 Å². The molecule has 4 heteroatoms. The van der Waals surface area contributed by atoms with Gasteiger partial charge < -0.3 is 15.7 Å². The second-order valence-electron chi connectivity index (χ2n) is 4.80. The van der Waals surface area contributed by atoms with E-state index >= 15 is 0 Å². The van der Waals surface area contributed by atoms with Gasteiger partial charge in [-0.15, -0.1) is 0 Å². The van der Waals surface area contributed by atoms with Gasteiger partial charge in [-0.1, -0.05) is 25.3 Å². The number of hydrogen-bond donors (Lipinski definition) is 3. The summed E-state index contributed by atoms with van der Waals surface area (Å²) in [4.78, 5) is 4.37. The van der Waals surface area contributed by atoms with E-state index in [4.69, 9.17) is 0 Å². The lowest BCUT2D eigenvalue weighted by molar-refractivity contribution is 0.0166. The molecule has 94 valence electrons. The van der Waals surface area contributed by atoms with Crippen molar-refractivity contribution in [2.24, 2.45) is 0 Å². The molecule has 3 N–H and O–H groups in total. The zero-order valence-corrected chi connectivity index (χ0v) is 10.4. The molecule has 1 saturated carbocycles. The predicted octanol–water partition coefficient (Wildman–Crippen LogP) is 2.23. The van der Waals surface area contributed by atoms with Gasteiger partial charge in [0.2, 0.25) is 0 Å². The third-order valence-corrected chi connectivity index (χ3v) is 3.39. The summed E-state index contributed by atoms with van der Waals surface area (Å²) in [5, 5.41) is 16.6. The van der Waals surface area contributed by atoms with E-state index in [1.54, 1.807) is 0 Å². The average Bonchev–Trinajstić information content (AvgIpc) is 2.38. The van der Waals surface area contributed by atoms with Gasteiger partial charge in [0.25, 0.3) is 0 Å². The molecule has 0 aromatic carbocycles. The maximum absolute atomic E-state index is 10.4. The summed E-state index contributed by atoms with van der Waals surface area (Å²) in [6, 6.07) is 5.79. The highest BCUT2D eigenvalue weighted by atomic mass is 16.3. The Morgan fingerprint density at radius 3 is 2.65 bits per heavy atom. The summed E-state index contributed by atoms with van der Waals surface area (Å²) in [6.07, 6.45) is 5.29. The van der Waals surface area contributed by atoms with E-state index in [1.807, 2.05) is 25.2 Å². The van der Waals surface area contributed by atoms with Crippen LogP contribution in [0.5, 0.6) is 0 Å². The Balaban J connectivity index is 1.92. The maximum Gasteiger partial charge on any atom is 0.128 e. The smallest absolute Gasteiger partial charge is 0.128 e. The SMILES string of the molecule is CNc1cccc(NCC2(O)CCCCC2)n1. The number of nitrogens with zero attached hydrogens (tertiary/aromatic N) is 1. The normalized spacial score (nSPS) is 18.7. The summed E-state index contributed by atoms with van der Waals surface area (Å²) < 4.78 is 0. The van der Waals surface area contributed by atoms with Gasteiger partial charge in [-0.05, 0) is 25.0 Å². The molecule has 4 nitrogen and oxygen atoms in total. The quantitative estimate of drug-likeness (QED) is 0.749. The van der Waals surface area contributed by atoms with Crippen molar-refractivity contribution < 1.29 is 5.11 Å². The van der Waals surface area contributed by atoms with Crippen molar-refractivity contribution in [3.8, 4) is 0 Å². The molecule has 1 aliphatic carbocycles. The Morgan fingerprint density at radius 2 is 1.94 bits per heavy atom. The highest BCUT2D eigenvalue weighted by molar-refractivity contribution is 5.44. The van der Waals surface area contributed by atoms with Gasteiger partial charge in [-0.25, -0.2) is 4.98 Å². The summed E-state index contributed by atoms with van der Waals surface area (Å²) in [6.45, 7) is 0.590. The van der Waals surface area contributed by atoms with Crippen LogP contribution in [0.2, 0.25) is 0 Å². The molecule has 0 saturated heterocycles. The van der Waals surface area contributed by atoms with Crippen LogP contribution in [0, 0.1) is 0 Å².